The van der Waals surface area contributed by atoms with Gasteiger partial charge in [-0.15, -0.1) is 0 Å². The largest absolute Gasteiger partial charge is 0.366 e. The number of hydrogen-bond donors (Lipinski definition) is 0. The van der Waals surface area contributed by atoms with Gasteiger partial charge in [0.25, 0.3) is 0 Å². The van der Waals surface area contributed by atoms with Gasteiger partial charge in [-0.1, -0.05) is 12.1 Å². The van der Waals surface area contributed by atoms with Crippen molar-refractivity contribution in [1.82, 2.24) is 9.80 Å². The summed E-state index contributed by atoms with van der Waals surface area (Å²) < 4.78 is 13.9. The first-order valence-corrected chi connectivity index (χ1v) is 9.70. The molecule has 0 unspecified atom stereocenters. The fourth-order valence-corrected chi connectivity index (χ4v) is 4.07. The van der Waals surface area contributed by atoms with Crippen LogP contribution in [0.1, 0.15) is 25.7 Å². The van der Waals surface area contributed by atoms with Gasteiger partial charge in [0.1, 0.15) is 5.82 Å². The fourth-order valence-electron chi connectivity index (χ4n) is 4.07. The second-order valence-electron chi connectivity index (χ2n) is 7.64. The third-order valence-corrected chi connectivity index (χ3v) is 5.87. The van der Waals surface area contributed by atoms with Crippen LogP contribution in [-0.4, -0.2) is 60.9 Å². The summed E-state index contributed by atoms with van der Waals surface area (Å²) in [7, 11) is 0. The van der Waals surface area contributed by atoms with E-state index in [1.54, 1.807) is 12.1 Å². The van der Waals surface area contributed by atoms with Crippen LogP contribution in [0.4, 0.5) is 10.1 Å². The summed E-state index contributed by atoms with van der Waals surface area (Å²) >= 11 is 0. The molecule has 2 saturated heterocycles. The van der Waals surface area contributed by atoms with Crippen LogP contribution in [0.5, 0.6) is 0 Å². The Bertz CT molecular complexity index is 675. The molecule has 0 N–H and O–H groups in total. The number of benzene rings is 1. The molecule has 5 nitrogen and oxygen atoms in total. The molecule has 1 aliphatic carbocycles. The summed E-state index contributed by atoms with van der Waals surface area (Å²) in [5.74, 6) is 0.568. The van der Waals surface area contributed by atoms with Gasteiger partial charge >= 0.3 is 0 Å². The van der Waals surface area contributed by atoms with Gasteiger partial charge in [-0.2, -0.15) is 0 Å². The van der Waals surface area contributed by atoms with Gasteiger partial charge in [0.2, 0.25) is 11.8 Å². The van der Waals surface area contributed by atoms with Crippen molar-refractivity contribution in [2.75, 3.05) is 44.2 Å². The molecule has 2 aliphatic heterocycles. The third kappa shape index (κ3) is 3.55. The molecule has 0 atom stereocenters. The van der Waals surface area contributed by atoms with Crippen molar-refractivity contribution in [1.29, 1.82) is 0 Å². The number of carbonyl (C=O) groups is 2. The molecule has 4 rings (SSSR count). The number of halogens is 1. The van der Waals surface area contributed by atoms with Crippen molar-refractivity contribution in [2.45, 2.75) is 25.7 Å². The van der Waals surface area contributed by atoms with Crippen LogP contribution in [0.15, 0.2) is 24.3 Å². The lowest BCUT2D eigenvalue weighted by Crippen LogP contribution is -2.52. The number of amides is 2. The molecule has 140 valence electrons. The Labute approximate surface area is 153 Å². The highest BCUT2D eigenvalue weighted by molar-refractivity contribution is 5.82. The van der Waals surface area contributed by atoms with Crippen molar-refractivity contribution in [2.24, 2.45) is 11.8 Å². The molecule has 0 spiro atoms. The average Bonchev–Trinajstić information content (AvgIpc) is 3.53. The fraction of sp³-hybridized carbons (Fsp3) is 0.600. The quantitative estimate of drug-likeness (QED) is 0.830. The molecule has 0 radical (unpaired) electrons. The van der Waals surface area contributed by atoms with Crippen molar-refractivity contribution < 1.29 is 14.0 Å². The van der Waals surface area contributed by atoms with Crippen LogP contribution in [0.2, 0.25) is 0 Å². The summed E-state index contributed by atoms with van der Waals surface area (Å²) in [6.07, 6.45) is 3.60. The molecule has 0 aromatic heterocycles. The van der Waals surface area contributed by atoms with Crippen molar-refractivity contribution in [3.05, 3.63) is 30.1 Å². The molecular weight excluding hydrogens is 333 g/mol. The Kier molecular flexibility index (Phi) is 4.83. The van der Waals surface area contributed by atoms with Gasteiger partial charge in [-0.05, 0) is 37.8 Å². The molecule has 1 aromatic carbocycles. The normalized spacial score (nSPS) is 21.8. The van der Waals surface area contributed by atoms with E-state index >= 15 is 0 Å². The Hall–Kier alpha value is -2.11. The number of rotatable bonds is 3. The smallest absolute Gasteiger partial charge is 0.225 e. The van der Waals surface area contributed by atoms with Gasteiger partial charge in [-0.25, -0.2) is 4.39 Å². The summed E-state index contributed by atoms with van der Waals surface area (Å²) in [6, 6.07) is 6.80. The highest BCUT2D eigenvalue weighted by Gasteiger charge is 2.37. The van der Waals surface area contributed by atoms with E-state index in [9.17, 15) is 14.0 Å². The van der Waals surface area contributed by atoms with E-state index in [2.05, 4.69) is 0 Å². The van der Waals surface area contributed by atoms with Crippen LogP contribution in [0.25, 0.3) is 0 Å². The first kappa shape index (κ1) is 17.3. The lowest BCUT2D eigenvalue weighted by Gasteiger charge is -2.39. The summed E-state index contributed by atoms with van der Waals surface area (Å²) in [5.41, 5.74) is 0.617. The first-order valence-electron chi connectivity index (χ1n) is 9.70. The summed E-state index contributed by atoms with van der Waals surface area (Å²) in [6.45, 7) is 4.00. The number of piperazine rings is 1. The Morgan fingerprint density at radius 1 is 0.769 bits per heavy atom. The van der Waals surface area contributed by atoms with Crippen LogP contribution < -0.4 is 4.90 Å². The predicted octanol–water partition coefficient (Wildman–Crippen LogP) is 2.12. The second-order valence-corrected chi connectivity index (χ2v) is 7.64. The maximum atomic E-state index is 13.9. The molecular formula is C20H26FN3O2. The number of piperidine rings is 1. The van der Waals surface area contributed by atoms with E-state index < -0.39 is 0 Å². The number of para-hydroxylation sites is 1. The minimum atomic E-state index is -0.208. The summed E-state index contributed by atoms with van der Waals surface area (Å²) in [4.78, 5) is 30.8. The average molecular weight is 359 g/mol. The number of carbonyl (C=O) groups excluding carboxylic acids is 2. The molecule has 2 amide bonds. The zero-order valence-corrected chi connectivity index (χ0v) is 15.1. The highest BCUT2D eigenvalue weighted by atomic mass is 19.1. The molecule has 1 saturated carbocycles. The van der Waals surface area contributed by atoms with Crippen LogP contribution >= 0.6 is 0 Å². The van der Waals surface area contributed by atoms with Crippen LogP contribution in [0, 0.1) is 17.7 Å². The SMILES string of the molecule is O=C(C1CC1)N1CCC(C(=O)N2CCN(c3ccccc3F)CC2)CC1. The van der Waals surface area contributed by atoms with E-state index in [0.717, 1.165) is 25.7 Å². The maximum Gasteiger partial charge on any atom is 0.225 e. The maximum absolute atomic E-state index is 13.9. The van der Waals surface area contributed by atoms with Crippen molar-refractivity contribution >= 4 is 17.5 Å². The minimum absolute atomic E-state index is 0.0262. The summed E-state index contributed by atoms with van der Waals surface area (Å²) in [5, 5.41) is 0. The molecule has 1 aromatic rings. The van der Waals surface area contributed by atoms with Gasteiger partial charge < -0.3 is 14.7 Å². The van der Waals surface area contributed by atoms with Crippen LogP contribution in [0.3, 0.4) is 0 Å². The minimum Gasteiger partial charge on any atom is -0.366 e. The van der Waals surface area contributed by atoms with Crippen molar-refractivity contribution in [3.63, 3.8) is 0 Å². The first-order chi connectivity index (χ1) is 12.6. The Morgan fingerprint density at radius 2 is 1.31 bits per heavy atom. The van der Waals surface area contributed by atoms with Gasteiger partial charge in [0.05, 0.1) is 5.69 Å². The molecule has 6 heteroatoms. The van der Waals surface area contributed by atoms with Gasteiger partial charge in [-0.3, -0.25) is 9.59 Å². The lowest BCUT2D eigenvalue weighted by molar-refractivity contribution is -0.141. The second kappa shape index (κ2) is 7.25. The van der Waals surface area contributed by atoms with Crippen LogP contribution in [-0.2, 0) is 9.59 Å². The van der Waals surface area contributed by atoms with E-state index in [-0.39, 0.29) is 29.5 Å². The Morgan fingerprint density at radius 3 is 1.88 bits per heavy atom. The zero-order valence-electron chi connectivity index (χ0n) is 15.1. The molecule has 0 bridgehead atoms. The standard InChI is InChI=1S/C20H26FN3O2/c21-17-3-1-2-4-18(17)22-11-13-24(14-12-22)20(26)16-7-9-23(10-8-16)19(25)15-5-6-15/h1-4,15-16H,5-14H2. The van der Waals surface area contributed by atoms with E-state index in [1.807, 2.05) is 20.8 Å². The predicted molar refractivity (Wildman–Crippen MR) is 97.2 cm³/mol. The van der Waals surface area contributed by atoms with E-state index in [1.165, 1.54) is 6.07 Å². The monoisotopic (exact) mass is 359 g/mol. The molecule has 2 heterocycles. The Balaban J connectivity index is 1.27. The van der Waals surface area contributed by atoms with Gasteiger partial charge in [0.15, 0.2) is 0 Å². The number of nitrogens with zero attached hydrogens (tertiary/aromatic N) is 3. The van der Waals surface area contributed by atoms with Crippen molar-refractivity contribution in [3.8, 4) is 0 Å². The van der Waals surface area contributed by atoms with E-state index in [0.29, 0.717) is 45.0 Å². The lowest BCUT2D eigenvalue weighted by atomic mass is 9.94. The van der Waals surface area contributed by atoms with Gasteiger partial charge in [0, 0.05) is 51.1 Å². The highest BCUT2D eigenvalue weighted by Crippen LogP contribution is 2.32. The number of anilines is 1. The number of hydrogen-bond acceptors (Lipinski definition) is 3. The zero-order chi connectivity index (χ0) is 18.1. The molecule has 3 fully saturated rings. The molecule has 3 aliphatic rings. The van der Waals surface area contributed by atoms with E-state index in [4.69, 9.17) is 0 Å². The number of likely N-dealkylation sites (tertiary alicyclic amines) is 1. The molecule has 26 heavy (non-hydrogen) atoms. The topological polar surface area (TPSA) is 43.9 Å². The third-order valence-electron chi connectivity index (χ3n) is 5.87.